The summed E-state index contributed by atoms with van der Waals surface area (Å²) < 4.78 is 15.0. The lowest BCUT2D eigenvalue weighted by atomic mass is 9.97. The first kappa shape index (κ1) is 18.3. The molecule has 3 rings (SSSR count). The summed E-state index contributed by atoms with van der Waals surface area (Å²) in [5.74, 6) is -1.04. The largest absolute Gasteiger partial charge is 0.497 e. The molecule has 2 aromatic rings. The van der Waals surface area contributed by atoms with E-state index in [9.17, 15) is 9.59 Å². The van der Waals surface area contributed by atoms with Crippen LogP contribution in [0.4, 0.5) is 5.69 Å². The van der Waals surface area contributed by atoms with Gasteiger partial charge in [-0.3, -0.25) is 0 Å². The lowest BCUT2D eigenvalue weighted by Crippen LogP contribution is -2.26. The third-order valence-electron chi connectivity index (χ3n) is 4.14. The van der Waals surface area contributed by atoms with Crippen LogP contribution in [0.1, 0.15) is 11.6 Å². The normalized spacial score (nSPS) is 16.0. The van der Waals surface area contributed by atoms with Gasteiger partial charge in [0.2, 0.25) is 0 Å². The predicted molar refractivity (Wildman–Crippen MR) is 96.8 cm³/mol. The summed E-state index contributed by atoms with van der Waals surface area (Å²) in [6.45, 7) is 0. The van der Waals surface area contributed by atoms with E-state index in [2.05, 4.69) is 0 Å². The van der Waals surface area contributed by atoms with E-state index >= 15 is 0 Å². The Kier molecular flexibility index (Phi) is 5.30. The average molecular weight is 369 g/mol. The smallest absolute Gasteiger partial charge is 0.377 e. The minimum absolute atomic E-state index is 0.0569. The number of para-hydroxylation sites is 1. The highest BCUT2D eigenvalue weighted by Gasteiger charge is 2.44. The zero-order chi connectivity index (χ0) is 19.4. The Hall–Kier alpha value is -3.48. The van der Waals surface area contributed by atoms with Gasteiger partial charge in [0, 0.05) is 0 Å². The first-order valence-corrected chi connectivity index (χ1v) is 8.17. The molecule has 0 N–H and O–H groups in total. The highest BCUT2D eigenvalue weighted by atomic mass is 16.7. The molecule has 0 bridgehead atoms. The molecule has 140 valence electrons. The fourth-order valence-corrected chi connectivity index (χ4v) is 2.89. The summed E-state index contributed by atoms with van der Waals surface area (Å²) in [7, 11) is 4.02. The SMILES string of the molecule is COC(=O)C1=C(C(=O)OC)[C@H](c2cccc(OC)c2)N(c2ccccc2)O1. The Labute approximate surface area is 156 Å². The van der Waals surface area contributed by atoms with Gasteiger partial charge in [0.15, 0.2) is 0 Å². The monoisotopic (exact) mass is 369 g/mol. The number of nitrogens with zero attached hydrogens (tertiary/aromatic N) is 1. The number of hydroxylamine groups is 1. The van der Waals surface area contributed by atoms with Crippen LogP contribution in [0.3, 0.4) is 0 Å². The highest BCUT2D eigenvalue weighted by molar-refractivity contribution is 6.01. The number of rotatable bonds is 5. The van der Waals surface area contributed by atoms with Crippen molar-refractivity contribution in [3.8, 4) is 5.75 Å². The summed E-state index contributed by atoms with van der Waals surface area (Å²) in [5, 5.41) is 1.48. The number of carbonyl (C=O) groups excluding carboxylic acids is 2. The molecule has 0 saturated carbocycles. The van der Waals surface area contributed by atoms with E-state index in [0.29, 0.717) is 17.0 Å². The molecule has 0 fully saturated rings. The molecule has 7 heteroatoms. The van der Waals surface area contributed by atoms with Crippen molar-refractivity contribution in [1.82, 2.24) is 0 Å². The molecular weight excluding hydrogens is 350 g/mol. The van der Waals surface area contributed by atoms with E-state index in [1.165, 1.54) is 19.3 Å². The number of anilines is 1. The number of ether oxygens (including phenoxy) is 3. The van der Waals surface area contributed by atoms with Gasteiger partial charge in [-0.15, -0.1) is 0 Å². The van der Waals surface area contributed by atoms with Crippen LogP contribution in [0.15, 0.2) is 65.9 Å². The molecule has 1 atom stereocenters. The van der Waals surface area contributed by atoms with Crippen LogP contribution in [0.25, 0.3) is 0 Å². The maximum absolute atomic E-state index is 12.5. The predicted octanol–water partition coefficient (Wildman–Crippen LogP) is 2.79. The molecule has 0 aliphatic carbocycles. The van der Waals surface area contributed by atoms with Crippen molar-refractivity contribution in [3.05, 3.63) is 71.5 Å². The van der Waals surface area contributed by atoms with Gasteiger partial charge < -0.3 is 19.0 Å². The lowest BCUT2D eigenvalue weighted by molar-refractivity contribution is -0.141. The number of carbonyl (C=O) groups is 2. The first-order chi connectivity index (χ1) is 13.1. The molecule has 0 saturated heterocycles. The Morgan fingerprint density at radius 2 is 1.63 bits per heavy atom. The Balaban J connectivity index is 2.19. The highest BCUT2D eigenvalue weighted by Crippen LogP contribution is 2.42. The molecule has 1 heterocycles. The fourth-order valence-electron chi connectivity index (χ4n) is 2.89. The van der Waals surface area contributed by atoms with Crippen molar-refractivity contribution >= 4 is 17.6 Å². The van der Waals surface area contributed by atoms with Crippen molar-refractivity contribution in [2.75, 3.05) is 26.4 Å². The third kappa shape index (κ3) is 3.44. The average Bonchev–Trinajstić information content (AvgIpc) is 3.14. The van der Waals surface area contributed by atoms with Gasteiger partial charge in [-0.2, -0.15) is 5.06 Å². The van der Waals surface area contributed by atoms with E-state index in [0.717, 1.165) is 0 Å². The van der Waals surface area contributed by atoms with E-state index < -0.39 is 18.0 Å². The summed E-state index contributed by atoms with van der Waals surface area (Å²) in [4.78, 5) is 30.6. The van der Waals surface area contributed by atoms with E-state index in [1.807, 2.05) is 36.4 Å². The van der Waals surface area contributed by atoms with E-state index in [1.54, 1.807) is 25.3 Å². The van der Waals surface area contributed by atoms with Crippen LogP contribution in [0, 0.1) is 0 Å². The second-order valence-electron chi connectivity index (χ2n) is 5.66. The van der Waals surface area contributed by atoms with Gasteiger partial charge in [-0.1, -0.05) is 30.3 Å². The molecule has 1 aliphatic heterocycles. The number of hydrogen-bond donors (Lipinski definition) is 0. The second kappa shape index (κ2) is 7.82. The molecule has 27 heavy (non-hydrogen) atoms. The fraction of sp³-hybridized carbons (Fsp3) is 0.200. The molecule has 1 aliphatic rings. The van der Waals surface area contributed by atoms with Gasteiger partial charge in [0.25, 0.3) is 5.76 Å². The number of esters is 2. The zero-order valence-corrected chi connectivity index (χ0v) is 15.2. The van der Waals surface area contributed by atoms with Gasteiger partial charge in [0.05, 0.1) is 27.0 Å². The quantitative estimate of drug-likeness (QED) is 0.750. The standard InChI is InChI=1S/C20H19NO6/c1-24-15-11-7-8-13(12-15)17-16(19(22)25-2)18(20(23)26-3)27-21(17)14-9-5-4-6-10-14/h4-12,17H,1-3H3/t17-/m0/s1. The van der Waals surface area contributed by atoms with Gasteiger partial charge in [0.1, 0.15) is 17.4 Å². The molecule has 0 aromatic heterocycles. The summed E-state index contributed by atoms with van der Waals surface area (Å²) in [6, 6.07) is 15.6. The van der Waals surface area contributed by atoms with Crippen LogP contribution in [0.2, 0.25) is 0 Å². The summed E-state index contributed by atoms with van der Waals surface area (Å²) >= 11 is 0. The van der Waals surface area contributed by atoms with Crippen LogP contribution in [-0.4, -0.2) is 33.3 Å². The molecule has 7 nitrogen and oxygen atoms in total. The topological polar surface area (TPSA) is 74.3 Å². The molecule has 0 spiro atoms. The molecule has 0 amide bonds. The second-order valence-corrected chi connectivity index (χ2v) is 5.66. The van der Waals surface area contributed by atoms with Crippen molar-refractivity contribution in [3.63, 3.8) is 0 Å². The van der Waals surface area contributed by atoms with Crippen molar-refractivity contribution in [2.45, 2.75) is 6.04 Å². The zero-order valence-electron chi connectivity index (χ0n) is 15.2. The summed E-state index contributed by atoms with van der Waals surface area (Å²) in [6.07, 6.45) is 0. The first-order valence-electron chi connectivity index (χ1n) is 8.17. The van der Waals surface area contributed by atoms with Gasteiger partial charge in [-0.05, 0) is 29.8 Å². The third-order valence-corrected chi connectivity index (χ3v) is 4.14. The molecular formula is C20H19NO6. The van der Waals surface area contributed by atoms with Crippen molar-refractivity contribution in [2.24, 2.45) is 0 Å². The van der Waals surface area contributed by atoms with E-state index in [-0.39, 0.29) is 11.3 Å². The maximum atomic E-state index is 12.5. The Bertz CT molecular complexity index is 877. The van der Waals surface area contributed by atoms with Crippen LogP contribution >= 0.6 is 0 Å². The van der Waals surface area contributed by atoms with Crippen LogP contribution in [0.5, 0.6) is 5.75 Å². The lowest BCUT2D eigenvalue weighted by Gasteiger charge is -2.26. The molecule has 0 unspecified atom stereocenters. The van der Waals surface area contributed by atoms with Gasteiger partial charge >= 0.3 is 11.9 Å². The Morgan fingerprint density at radius 1 is 0.926 bits per heavy atom. The van der Waals surface area contributed by atoms with Crippen LogP contribution < -0.4 is 9.80 Å². The summed E-state index contributed by atoms with van der Waals surface area (Å²) in [5.41, 5.74) is 1.41. The molecule has 2 aromatic carbocycles. The number of methoxy groups -OCH3 is 3. The Morgan fingerprint density at radius 3 is 2.26 bits per heavy atom. The van der Waals surface area contributed by atoms with Gasteiger partial charge in [-0.25, -0.2) is 9.59 Å². The van der Waals surface area contributed by atoms with Crippen molar-refractivity contribution in [1.29, 1.82) is 0 Å². The van der Waals surface area contributed by atoms with Crippen LogP contribution in [-0.2, 0) is 23.9 Å². The minimum atomic E-state index is -0.762. The molecule has 0 radical (unpaired) electrons. The number of benzene rings is 2. The van der Waals surface area contributed by atoms with E-state index in [4.69, 9.17) is 19.0 Å². The van der Waals surface area contributed by atoms with Crippen molar-refractivity contribution < 1.29 is 28.6 Å². The minimum Gasteiger partial charge on any atom is -0.497 e. The number of hydrogen-bond acceptors (Lipinski definition) is 7. The maximum Gasteiger partial charge on any atom is 0.377 e.